The molecule has 3 nitrogen and oxygen atoms in total. The molecule has 0 bridgehead atoms. The van der Waals surface area contributed by atoms with Gasteiger partial charge in [-0.1, -0.05) is 36.8 Å². The first-order valence-corrected chi connectivity index (χ1v) is 7.37. The fraction of sp³-hybridized carbons (Fsp3) is 0.500. The standard InChI is InChI=1S/C14H22N2OS/c1-11-4-3-5-13(6-11)9-18-10-14(17)16-8-12(2)7-15/h3-6,12H,7-10,15H2,1-2H3,(H,16,17). The largest absolute Gasteiger partial charge is 0.355 e. The van der Waals surface area contributed by atoms with E-state index in [2.05, 4.69) is 30.4 Å². The third-order valence-corrected chi connectivity index (χ3v) is 3.64. The van der Waals surface area contributed by atoms with E-state index in [1.807, 2.05) is 13.0 Å². The maximum atomic E-state index is 11.5. The van der Waals surface area contributed by atoms with Gasteiger partial charge in [0.05, 0.1) is 5.75 Å². The second-order valence-electron chi connectivity index (χ2n) is 4.63. The van der Waals surface area contributed by atoms with Crippen molar-refractivity contribution >= 4 is 17.7 Å². The Bertz CT molecular complexity index is 382. The van der Waals surface area contributed by atoms with Crippen LogP contribution in [-0.2, 0) is 10.5 Å². The molecule has 1 atom stereocenters. The van der Waals surface area contributed by atoms with Crippen molar-refractivity contribution in [3.63, 3.8) is 0 Å². The number of carbonyl (C=O) groups is 1. The zero-order chi connectivity index (χ0) is 13.4. The van der Waals surface area contributed by atoms with E-state index in [0.29, 0.717) is 24.8 Å². The number of nitrogens with two attached hydrogens (primary N) is 1. The van der Waals surface area contributed by atoms with Crippen LogP contribution >= 0.6 is 11.8 Å². The number of amides is 1. The van der Waals surface area contributed by atoms with Crippen molar-refractivity contribution in [2.24, 2.45) is 11.7 Å². The Kier molecular flexibility index (Phi) is 6.83. The molecular formula is C14H22N2OS. The number of hydrogen-bond acceptors (Lipinski definition) is 3. The number of rotatable bonds is 7. The second kappa shape index (κ2) is 8.16. The molecule has 1 aromatic rings. The van der Waals surface area contributed by atoms with Gasteiger partial charge in [0.25, 0.3) is 0 Å². The van der Waals surface area contributed by atoms with Crippen LogP contribution in [0.1, 0.15) is 18.1 Å². The van der Waals surface area contributed by atoms with E-state index in [1.54, 1.807) is 11.8 Å². The van der Waals surface area contributed by atoms with Crippen molar-refractivity contribution in [3.05, 3.63) is 35.4 Å². The molecule has 1 rings (SSSR count). The third kappa shape index (κ3) is 6.07. The Balaban J connectivity index is 2.19. The zero-order valence-electron chi connectivity index (χ0n) is 11.1. The SMILES string of the molecule is Cc1cccc(CSCC(=O)NCC(C)CN)c1. The van der Waals surface area contributed by atoms with E-state index >= 15 is 0 Å². The first-order chi connectivity index (χ1) is 8.61. The molecule has 0 aliphatic rings. The number of benzene rings is 1. The van der Waals surface area contributed by atoms with Crippen LogP contribution in [0.5, 0.6) is 0 Å². The Hall–Kier alpha value is -1.00. The Morgan fingerprint density at radius 3 is 2.94 bits per heavy atom. The van der Waals surface area contributed by atoms with Crippen molar-refractivity contribution in [1.82, 2.24) is 5.32 Å². The lowest BCUT2D eigenvalue weighted by atomic mass is 10.2. The summed E-state index contributed by atoms with van der Waals surface area (Å²) in [6, 6.07) is 8.37. The van der Waals surface area contributed by atoms with Crippen LogP contribution < -0.4 is 11.1 Å². The van der Waals surface area contributed by atoms with E-state index in [4.69, 9.17) is 5.73 Å². The topological polar surface area (TPSA) is 55.1 Å². The van der Waals surface area contributed by atoms with Crippen molar-refractivity contribution < 1.29 is 4.79 Å². The summed E-state index contributed by atoms with van der Waals surface area (Å²) in [5.41, 5.74) is 8.02. The van der Waals surface area contributed by atoms with Crippen LogP contribution in [0.25, 0.3) is 0 Å². The molecule has 0 saturated heterocycles. The van der Waals surface area contributed by atoms with E-state index in [0.717, 1.165) is 5.75 Å². The number of nitrogens with one attached hydrogen (secondary N) is 1. The van der Waals surface area contributed by atoms with Gasteiger partial charge in [0.2, 0.25) is 5.91 Å². The molecule has 0 radical (unpaired) electrons. The Labute approximate surface area is 114 Å². The monoisotopic (exact) mass is 266 g/mol. The smallest absolute Gasteiger partial charge is 0.230 e. The molecule has 100 valence electrons. The predicted molar refractivity (Wildman–Crippen MR) is 78.6 cm³/mol. The van der Waals surface area contributed by atoms with Gasteiger partial charge in [0.15, 0.2) is 0 Å². The van der Waals surface area contributed by atoms with Crippen LogP contribution in [0.15, 0.2) is 24.3 Å². The number of carbonyl (C=O) groups excluding carboxylic acids is 1. The van der Waals surface area contributed by atoms with Gasteiger partial charge in [-0.2, -0.15) is 0 Å². The maximum Gasteiger partial charge on any atom is 0.230 e. The molecule has 1 aromatic carbocycles. The minimum Gasteiger partial charge on any atom is -0.355 e. The molecule has 0 aromatic heterocycles. The summed E-state index contributed by atoms with van der Waals surface area (Å²) in [6.07, 6.45) is 0. The number of hydrogen-bond donors (Lipinski definition) is 2. The normalized spacial score (nSPS) is 12.2. The highest BCUT2D eigenvalue weighted by Crippen LogP contribution is 2.13. The molecule has 0 fully saturated rings. The number of thioether (sulfide) groups is 1. The second-order valence-corrected chi connectivity index (χ2v) is 5.61. The fourth-order valence-corrected chi connectivity index (χ4v) is 2.29. The molecule has 3 N–H and O–H groups in total. The summed E-state index contributed by atoms with van der Waals surface area (Å²) in [7, 11) is 0. The van der Waals surface area contributed by atoms with Gasteiger partial charge in [0.1, 0.15) is 0 Å². The van der Waals surface area contributed by atoms with Gasteiger partial charge < -0.3 is 11.1 Å². The third-order valence-electron chi connectivity index (χ3n) is 2.63. The summed E-state index contributed by atoms with van der Waals surface area (Å²) in [4.78, 5) is 11.5. The van der Waals surface area contributed by atoms with Gasteiger partial charge >= 0.3 is 0 Å². The summed E-state index contributed by atoms with van der Waals surface area (Å²) in [5, 5.41) is 2.89. The lowest BCUT2D eigenvalue weighted by Crippen LogP contribution is -2.32. The van der Waals surface area contributed by atoms with Crippen LogP contribution in [-0.4, -0.2) is 24.7 Å². The zero-order valence-corrected chi connectivity index (χ0v) is 11.9. The van der Waals surface area contributed by atoms with Crippen molar-refractivity contribution in [3.8, 4) is 0 Å². The molecule has 0 heterocycles. The van der Waals surface area contributed by atoms with E-state index in [9.17, 15) is 4.79 Å². The summed E-state index contributed by atoms with van der Waals surface area (Å²) >= 11 is 1.64. The number of aryl methyl sites for hydroxylation is 1. The van der Waals surface area contributed by atoms with Crippen molar-refractivity contribution in [2.75, 3.05) is 18.8 Å². The first kappa shape index (κ1) is 15.1. The minimum absolute atomic E-state index is 0.0907. The average Bonchev–Trinajstić information content (AvgIpc) is 2.36. The highest BCUT2D eigenvalue weighted by Gasteiger charge is 2.04. The highest BCUT2D eigenvalue weighted by molar-refractivity contribution is 7.99. The summed E-state index contributed by atoms with van der Waals surface area (Å²) in [6.45, 7) is 5.38. The molecule has 1 amide bonds. The lowest BCUT2D eigenvalue weighted by Gasteiger charge is -2.09. The molecular weight excluding hydrogens is 244 g/mol. The quantitative estimate of drug-likeness (QED) is 0.793. The van der Waals surface area contributed by atoms with Gasteiger partial charge in [-0.25, -0.2) is 0 Å². The van der Waals surface area contributed by atoms with Crippen molar-refractivity contribution in [2.45, 2.75) is 19.6 Å². The van der Waals surface area contributed by atoms with E-state index < -0.39 is 0 Å². The maximum absolute atomic E-state index is 11.5. The highest BCUT2D eigenvalue weighted by atomic mass is 32.2. The average molecular weight is 266 g/mol. The molecule has 0 aliphatic heterocycles. The van der Waals surface area contributed by atoms with Gasteiger partial charge in [-0.15, -0.1) is 11.8 Å². The van der Waals surface area contributed by atoms with Crippen molar-refractivity contribution in [1.29, 1.82) is 0 Å². The van der Waals surface area contributed by atoms with Gasteiger partial charge in [-0.05, 0) is 24.9 Å². The Morgan fingerprint density at radius 1 is 1.50 bits per heavy atom. The first-order valence-electron chi connectivity index (χ1n) is 6.22. The molecule has 18 heavy (non-hydrogen) atoms. The van der Waals surface area contributed by atoms with Crippen LogP contribution in [0.3, 0.4) is 0 Å². The molecule has 1 unspecified atom stereocenters. The minimum atomic E-state index is 0.0907. The summed E-state index contributed by atoms with van der Waals surface area (Å²) < 4.78 is 0. The van der Waals surface area contributed by atoms with Gasteiger partial charge in [0, 0.05) is 12.3 Å². The van der Waals surface area contributed by atoms with E-state index in [1.165, 1.54) is 11.1 Å². The van der Waals surface area contributed by atoms with E-state index in [-0.39, 0.29) is 5.91 Å². The predicted octanol–water partition coefficient (Wildman–Crippen LogP) is 1.94. The molecule has 0 spiro atoms. The summed E-state index contributed by atoms with van der Waals surface area (Å²) in [5.74, 6) is 1.82. The molecule has 0 aliphatic carbocycles. The van der Waals surface area contributed by atoms with Crippen LogP contribution in [0.4, 0.5) is 0 Å². The van der Waals surface area contributed by atoms with Crippen LogP contribution in [0, 0.1) is 12.8 Å². The Morgan fingerprint density at radius 2 is 2.28 bits per heavy atom. The van der Waals surface area contributed by atoms with Gasteiger partial charge in [-0.3, -0.25) is 4.79 Å². The molecule has 0 saturated carbocycles. The lowest BCUT2D eigenvalue weighted by molar-refractivity contribution is -0.118. The van der Waals surface area contributed by atoms with Crippen LogP contribution in [0.2, 0.25) is 0 Å². The molecule has 4 heteroatoms. The fourth-order valence-electron chi connectivity index (χ4n) is 1.49.